The molecule has 19 heavy (non-hydrogen) atoms. The molecule has 0 aromatic carbocycles. The number of aliphatic carboxylic acids is 1. The summed E-state index contributed by atoms with van der Waals surface area (Å²) in [5.74, 6) is 1.92. The number of carbonyl (C=O) groups is 1. The summed E-state index contributed by atoms with van der Waals surface area (Å²) in [7, 11) is 1.64. The van der Waals surface area contributed by atoms with Gasteiger partial charge in [-0.05, 0) is 75.0 Å². The van der Waals surface area contributed by atoms with Crippen LogP contribution in [0.2, 0.25) is 0 Å². The summed E-state index contributed by atoms with van der Waals surface area (Å²) in [6.07, 6.45) is 9.46. The van der Waals surface area contributed by atoms with E-state index in [2.05, 4.69) is 0 Å². The van der Waals surface area contributed by atoms with Gasteiger partial charge in [0.25, 0.3) is 0 Å². The second-order valence-electron chi connectivity index (χ2n) is 7.72. The fourth-order valence-electron chi connectivity index (χ4n) is 6.36. The van der Waals surface area contributed by atoms with E-state index in [1.807, 2.05) is 0 Å². The Hall–Kier alpha value is -0.570. The lowest BCUT2D eigenvalue weighted by Gasteiger charge is -2.62. The Balaban J connectivity index is 1.78. The van der Waals surface area contributed by atoms with Crippen LogP contribution in [0.3, 0.4) is 0 Å². The third-order valence-corrected chi connectivity index (χ3v) is 6.62. The molecule has 5 rings (SSSR count). The first kappa shape index (κ1) is 12.2. The normalized spacial score (nSPS) is 47.1. The monoisotopic (exact) mass is 264 g/mol. The van der Waals surface area contributed by atoms with Crippen molar-refractivity contribution in [3.8, 4) is 0 Å². The molecule has 5 saturated carbocycles. The highest BCUT2D eigenvalue weighted by atomic mass is 16.5. The van der Waals surface area contributed by atoms with E-state index < -0.39 is 11.6 Å². The molecule has 5 aliphatic rings. The molecule has 1 atom stereocenters. The molecule has 0 saturated heterocycles. The number of carboxylic acids is 1. The van der Waals surface area contributed by atoms with Crippen molar-refractivity contribution >= 4 is 5.97 Å². The molecule has 1 N–H and O–H groups in total. The van der Waals surface area contributed by atoms with Crippen LogP contribution in [0, 0.1) is 29.1 Å². The summed E-state index contributed by atoms with van der Waals surface area (Å²) in [5.41, 5.74) is -0.924. The van der Waals surface area contributed by atoms with Gasteiger partial charge in [-0.3, -0.25) is 0 Å². The maximum absolute atomic E-state index is 12.1. The van der Waals surface area contributed by atoms with Crippen LogP contribution in [0.1, 0.15) is 51.4 Å². The van der Waals surface area contributed by atoms with Crippen LogP contribution < -0.4 is 0 Å². The van der Waals surface area contributed by atoms with Crippen LogP contribution in [0.5, 0.6) is 0 Å². The second kappa shape index (κ2) is 3.75. The van der Waals surface area contributed by atoms with Gasteiger partial charge in [-0.1, -0.05) is 0 Å². The van der Waals surface area contributed by atoms with Gasteiger partial charge in [-0.2, -0.15) is 0 Å². The van der Waals surface area contributed by atoms with Crippen LogP contribution in [-0.2, 0) is 9.53 Å². The first-order chi connectivity index (χ1) is 9.09. The van der Waals surface area contributed by atoms with Gasteiger partial charge >= 0.3 is 5.97 Å². The topological polar surface area (TPSA) is 46.5 Å². The van der Waals surface area contributed by atoms with Gasteiger partial charge < -0.3 is 9.84 Å². The van der Waals surface area contributed by atoms with Crippen molar-refractivity contribution in [3.63, 3.8) is 0 Å². The summed E-state index contributed by atoms with van der Waals surface area (Å²) >= 11 is 0. The molecule has 1 unspecified atom stereocenters. The molecule has 0 amide bonds. The van der Waals surface area contributed by atoms with Crippen LogP contribution >= 0.6 is 0 Å². The van der Waals surface area contributed by atoms with Gasteiger partial charge in [0.15, 0.2) is 5.60 Å². The molecule has 0 spiro atoms. The summed E-state index contributed by atoms with van der Waals surface area (Å²) < 4.78 is 5.81. The van der Waals surface area contributed by atoms with Gasteiger partial charge in [0.2, 0.25) is 0 Å². The predicted octanol–water partition coefficient (Wildman–Crippen LogP) is 3.08. The predicted molar refractivity (Wildman–Crippen MR) is 70.7 cm³/mol. The fourth-order valence-corrected chi connectivity index (χ4v) is 6.36. The van der Waals surface area contributed by atoms with Crippen LogP contribution in [0.25, 0.3) is 0 Å². The summed E-state index contributed by atoms with van der Waals surface area (Å²) in [6, 6.07) is 0. The van der Waals surface area contributed by atoms with Crippen molar-refractivity contribution in [2.75, 3.05) is 7.11 Å². The Labute approximate surface area is 114 Å². The molecule has 106 valence electrons. The number of ether oxygens (including phenoxy) is 1. The van der Waals surface area contributed by atoms with E-state index in [0.717, 1.165) is 49.9 Å². The van der Waals surface area contributed by atoms with Crippen LogP contribution in [0.4, 0.5) is 0 Å². The van der Waals surface area contributed by atoms with E-state index in [4.69, 9.17) is 4.74 Å². The first-order valence-corrected chi connectivity index (χ1v) is 7.88. The zero-order valence-corrected chi connectivity index (χ0v) is 11.7. The SMILES string of the molecule is COC(C(=O)O)(C1CC1)C12CC3CC(CC(C3)C1)C2. The van der Waals surface area contributed by atoms with Crippen molar-refractivity contribution in [1.29, 1.82) is 0 Å². The molecule has 3 nitrogen and oxygen atoms in total. The Morgan fingerprint density at radius 3 is 1.89 bits per heavy atom. The maximum Gasteiger partial charge on any atom is 0.336 e. The van der Waals surface area contributed by atoms with Gasteiger partial charge in [-0.15, -0.1) is 0 Å². The van der Waals surface area contributed by atoms with Gasteiger partial charge in [0, 0.05) is 12.5 Å². The van der Waals surface area contributed by atoms with E-state index in [1.54, 1.807) is 7.11 Å². The van der Waals surface area contributed by atoms with Crippen molar-refractivity contribution in [1.82, 2.24) is 0 Å². The first-order valence-electron chi connectivity index (χ1n) is 7.88. The van der Waals surface area contributed by atoms with E-state index >= 15 is 0 Å². The van der Waals surface area contributed by atoms with Crippen molar-refractivity contribution in [2.45, 2.75) is 57.0 Å². The highest BCUT2D eigenvalue weighted by Gasteiger charge is 2.68. The summed E-state index contributed by atoms with van der Waals surface area (Å²) in [6.45, 7) is 0. The largest absolute Gasteiger partial charge is 0.479 e. The number of hydrogen-bond donors (Lipinski definition) is 1. The lowest BCUT2D eigenvalue weighted by atomic mass is 9.44. The Kier molecular flexibility index (Phi) is 2.41. The Bertz CT molecular complexity index is 377. The summed E-state index contributed by atoms with van der Waals surface area (Å²) in [5, 5.41) is 9.97. The van der Waals surface area contributed by atoms with Crippen LogP contribution in [0.15, 0.2) is 0 Å². The minimum absolute atomic E-state index is 0.0521. The molecule has 3 heteroatoms. The molecular formula is C16H24O3. The fraction of sp³-hybridized carbons (Fsp3) is 0.938. The Morgan fingerprint density at radius 1 is 1.11 bits per heavy atom. The zero-order valence-electron chi connectivity index (χ0n) is 11.7. The molecule has 0 aromatic heterocycles. The Morgan fingerprint density at radius 2 is 1.58 bits per heavy atom. The average molecular weight is 264 g/mol. The van der Waals surface area contributed by atoms with Gasteiger partial charge in [-0.25, -0.2) is 4.79 Å². The molecule has 5 aliphatic carbocycles. The molecule has 5 fully saturated rings. The maximum atomic E-state index is 12.1. The number of rotatable bonds is 4. The molecule has 0 radical (unpaired) electrons. The van der Waals surface area contributed by atoms with E-state index in [1.165, 1.54) is 19.3 Å². The number of carboxylic acid groups (broad SMARTS) is 1. The number of methoxy groups -OCH3 is 1. The summed E-state index contributed by atoms with van der Waals surface area (Å²) in [4.78, 5) is 12.1. The molecule has 0 aromatic rings. The highest BCUT2D eigenvalue weighted by molar-refractivity contribution is 5.80. The van der Waals surface area contributed by atoms with Gasteiger partial charge in [0.05, 0.1) is 0 Å². The molecule has 0 aliphatic heterocycles. The lowest BCUT2D eigenvalue weighted by Crippen LogP contribution is -2.63. The molecular weight excluding hydrogens is 240 g/mol. The third-order valence-electron chi connectivity index (χ3n) is 6.62. The third kappa shape index (κ3) is 1.45. The molecule has 4 bridgehead atoms. The van der Waals surface area contributed by atoms with E-state index in [-0.39, 0.29) is 11.3 Å². The minimum atomic E-state index is -0.872. The standard InChI is InChI=1S/C16H24O3/c1-19-16(14(17)18,13-2-3-13)15-7-10-4-11(8-15)6-12(5-10)9-15/h10-13H,2-9H2,1H3,(H,17,18). The minimum Gasteiger partial charge on any atom is -0.479 e. The van der Waals surface area contributed by atoms with Crippen molar-refractivity contribution in [2.24, 2.45) is 29.1 Å². The molecule has 0 heterocycles. The lowest BCUT2D eigenvalue weighted by molar-refractivity contribution is -0.219. The smallest absolute Gasteiger partial charge is 0.336 e. The van der Waals surface area contributed by atoms with Crippen molar-refractivity contribution in [3.05, 3.63) is 0 Å². The van der Waals surface area contributed by atoms with Crippen LogP contribution in [-0.4, -0.2) is 23.8 Å². The van der Waals surface area contributed by atoms with E-state index in [0.29, 0.717) is 0 Å². The number of hydrogen-bond acceptors (Lipinski definition) is 2. The quantitative estimate of drug-likeness (QED) is 0.848. The van der Waals surface area contributed by atoms with E-state index in [9.17, 15) is 9.90 Å². The zero-order chi connectivity index (χ0) is 13.3. The van der Waals surface area contributed by atoms with Gasteiger partial charge in [0.1, 0.15) is 0 Å². The highest BCUT2D eigenvalue weighted by Crippen LogP contribution is 2.67. The van der Waals surface area contributed by atoms with Crippen molar-refractivity contribution < 1.29 is 14.6 Å². The average Bonchev–Trinajstić information content (AvgIpc) is 3.12. The second-order valence-corrected chi connectivity index (χ2v) is 7.72.